The summed E-state index contributed by atoms with van der Waals surface area (Å²) in [6, 6.07) is 9.30. The molecule has 1 aromatic heterocycles. The summed E-state index contributed by atoms with van der Waals surface area (Å²) in [5.74, 6) is 0. The zero-order valence-corrected chi connectivity index (χ0v) is 9.91. The molecule has 3 N–H and O–H groups in total. The van der Waals surface area contributed by atoms with Crippen molar-refractivity contribution in [3.8, 4) is 0 Å². The van der Waals surface area contributed by atoms with E-state index < -0.39 is 10.1 Å². The average Bonchev–Trinajstić information content (AvgIpc) is 2.70. The van der Waals surface area contributed by atoms with Crippen molar-refractivity contribution in [3.63, 3.8) is 0 Å². The van der Waals surface area contributed by atoms with E-state index in [1.54, 1.807) is 29.5 Å². The molecule has 0 atom stereocenters. The largest absolute Gasteiger partial charge is 0.398 e. The van der Waals surface area contributed by atoms with E-state index in [0.29, 0.717) is 0 Å². The van der Waals surface area contributed by atoms with E-state index in [4.69, 9.17) is 10.3 Å². The molecule has 16 heavy (non-hydrogen) atoms. The molecule has 0 amide bonds. The van der Waals surface area contributed by atoms with Crippen LogP contribution in [0.2, 0.25) is 0 Å². The summed E-state index contributed by atoms with van der Waals surface area (Å²) in [6.45, 7) is 0. The molecule has 0 spiro atoms. The Hall–Kier alpha value is -1.37. The van der Waals surface area contributed by atoms with E-state index in [9.17, 15) is 8.42 Å². The molecular formula is C10H11NO3S2. The molecule has 6 heteroatoms. The lowest BCUT2D eigenvalue weighted by atomic mass is 10.4. The van der Waals surface area contributed by atoms with Crippen LogP contribution in [0.3, 0.4) is 0 Å². The van der Waals surface area contributed by atoms with Crippen molar-refractivity contribution in [2.24, 2.45) is 0 Å². The third kappa shape index (κ3) is 4.43. The lowest BCUT2D eigenvalue weighted by molar-refractivity contribution is 0.483. The number of hydrogen-bond acceptors (Lipinski definition) is 4. The Kier molecular flexibility index (Phi) is 4.48. The molecule has 0 saturated heterocycles. The van der Waals surface area contributed by atoms with Crippen molar-refractivity contribution in [2.45, 2.75) is 4.90 Å². The first-order chi connectivity index (χ1) is 7.50. The van der Waals surface area contributed by atoms with Gasteiger partial charge in [0.2, 0.25) is 0 Å². The number of nitrogen functional groups attached to an aromatic ring is 1. The van der Waals surface area contributed by atoms with E-state index in [-0.39, 0.29) is 4.90 Å². The van der Waals surface area contributed by atoms with Gasteiger partial charge in [-0.15, -0.1) is 0 Å². The first kappa shape index (κ1) is 12.7. The minimum absolute atomic E-state index is 0.0741. The molecule has 0 saturated carbocycles. The van der Waals surface area contributed by atoms with Crippen LogP contribution in [0.1, 0.15) is 0 Å². The number of hydrogen-bond donors (Lipinski definition) is 2. The van der Waals surface area contributed by atoms with E-state index in [0.717, 1.165) is 5.69 Å². The lowest BCUT2D eigenvalue weighted by Gasteiger charge is -1.92. The predicted molar refractivity (Wildman–Crippen MR) is 65.0 cm³/mol. The van der Waals surface area contributed by atoms with E-state index in [2.05, 4.69) is 0 Å². The van der Waals surface area contributed by atoms with Gasteiger partial charge in [0.05, 0.1) is 4.90 Å². The van der Waals surface area contributed by atoms with Crippen molar-refractivity contribution in [1.82, 2.24) is 0 Å². The maximum atomic E-state index is 10.4. The van der Waals surface area contributed by atoms with Crippen molar-refractivity contribution in [2.75, 3.05) is 5.73 Å². The fourth-order valence-corrected chi connectivity index (χ4v) is 1.92. The van der Waals surface area contributed by atoms with Crippen LogP contribution in [0, 0.1) is 0 Å². The van der Waals surface area contributed by atoms with Crippen LogP contribution in [0.25, 0.3) is 0 Å². The standard InChI is InChI=1S/C6H6O3S.C4H5NS/c7-10(8,9)6-4-2-1-3-5-6;5-4-1-2-6-3-4/h1-5H,(H,7,8,9);1-3H,5H2. The second-order valence-corrected chi connectivity index (χ2v) is 5.05. The van der Waals surface area contributed by atoms with E-state index in [1.807, 2.05) is 16.8 Å². The van der Waals surface area contributed by atoms with Gasteiger partial charge in [-0.25, -0.2) is 0 Å². The van der Waals surface area contributed by atoms with Crippen molar-refractivity contribution in [3.05, 3.63) is 47.2 Å². The zero-order chi connectivity index (χ0) is 12.0. The molecule has 4 nitrogen and oxygen atoms in total. The monoisotopic (exact) mass is 257 g/mol. The van der Waals surface area contributed by atoms with Gasteiger partial charge < -0.3 is 5.73 Å². The Balaban J connectivity index is 0.000000181. The third-order valence-corrected chi connectivity index (χ3v) is 3.15. The highest BCUT2D eigenvalue weighted by Crippen LogP contribution is 2.05. The van der Waals surface area contributed by atoms with Crippen LogP contribution in [0.15, 0.2) is 52.1 Å². The third-order valence-electron chi connectivity index (χ3n) is 1.58. The highest BCUT2D eigenvalue weighted by molar-refractivity contribution is 7.85. The average molecular weight is 257 g/mol. The number of thiophene rings is 1. The summed E-state index contributed by atoms with van der Waals surface area (Å²) in [6.07, 6.45) is 0. The SMILES string of the molecule is Nc1ccsc1.O=S(=O)(O)c1ccccc1. The Morgan fingerprint density at radius 2 is 1.75 bits per heavy atom. The minimum Gasteiger partial charge on any atom is -0.398 e. The topological polar surface area (TPSA) is 80.4 Å². The normalized spacial score (nSPS) is 10.3. The van der Waals surface area contributed by atoms with Crippen LogP contribution in [0.5, 0.6) is 0 Å². The highest BCUT2D eigenvalue weighted by atomic mass is 32.2. The molecule has 0 aliphatic carbocycles. The summed E-state index contributed by atoms with van der Waals surface area (Å²) < 4.78 is 29.2. The smallest absolute Gasteiger partial charge is 0.294 e. The summed E-state index contributed by atoms with van der Waals surface area (Å²) in [7, 11) is -4.00. The molecule has 86 valence electrons. The molecule has 0 unspecified atom stereocenters. The van der Waals surface area contributed by atoms with E-state index in [1.165, 1.54) is 12.1 Å². The van der Waals surface area contributed by atoms with Crippen LogP contribution in [-0.4, -0.2) is 13.0 Å². The molecule has 1 aromatic carbocycles. The molecule has 2 aromatic rings. The van der Waals surface area contributed by atoms with Gasteiger partial charge in [-0.1, -0.05) is 18.2 Å². The molecule has 2 rings (SSSR count). The molecule has 1 heterocycles. The van der Waals surface area contributed by atoms with Crippen LogP contribution >= 0.6 is 11.3 Å². The Labute approximate surface area is 98.1 Å². The summed E-state index contributed by atoms with van der Waals surface area (Å²) in [5.41, 5.74) is 6.15. The molecule has 0 fully saturated rings. The summed E-state index contributed by atoms with van der Waals surface area (Å²) in [4.78, 5) is -0.0741. The number of anilines is 1. The van der Waals surface area contributed by atoms with E-state index >= 15 is 0 Å². The van der Waals surface area contributed by atoms with Gasteiger partial charge in [0.1, 0.15) is 0 Å². The Bertz CT molecular complexity index is 506. The maximum absolute atomic E-state index is 10.4. The van der Waals surface area contributed by atoms with Crippen molar-refractivity contribution < 1.29 is 13.0 Å². The molecule has 0 radical (unpaired) electrons. The summed E-state index contributed by atoms with van der Waals surface area (Å²) in [5, 5.41) is 3.86. The quantitative estimate of drug-likeness (QED) is 0.768. The second kappa shape index (κ2) is 5.64. The highest BCUT2D eigenvalue weighted by Gasteiger charge is 2.05. The second-order valence-electron chi connectivity index (χ2n) is 2.84. The zero-order valence-electron chi connectivity index (χ0n) is 8.28. The lowest BCUT2D eigenvalue weighted by Crippen LogP contribution is -1.96. The molecular weight excluding hydrogens is 246 g/mol. The number of benzene rings is 1. The minimum atomic E-state index is -4.00. The summed E-state index contributed by atoms with van der Waals surface area (Å²) >= 11 is 1.61. The maximum Gasteiger partial charge on any atom is 0.294 e. The number of nitrogens with two attached hydrogens (primary N) is 1. The number of rotatable bonds is 1. The molecule has 0 aliphatic heterocycles. The van der Waals surface area contributed by atoms with Gasteiger partial charge in [0.25, 0.3) is 10.1 Å². The van der Waals surface area contributed by atoms with Gasteiger partial charge in [-0.05, 0) is 23.6 Å². The first-order valence-corrected chi connectivity index (χ1v) is 6.68. The van der Waals surface area contributed by atoms with Gasteiger partial charge in [-0.3, -0.25) is 4.55 Å². The fraction of sp³-hybridized carbons (Fsp3) is 0. The van der Waals surface area contributed by atoms with Crippen molar-refractivity contribution in [1.29, 1.82) is 0 Å². The fourth-order valence-electron chi connectivity index (χ4n) is 0.867. The van der Waals surface area contributed by atoms with Gasteiger partial charge in [0.15, 0.2) is 0 Å². The van der Waals surface area contributed by atoms with Crippen molar-refractivity contribution >= 4 is 27.1 Å². The van der Waals surface area contributed by atoms with Gasteiger partial charge in [0, 0.05) is 11.1 Å². The van der Waals surface area contributed by atoms with Crippen LogP contribution < -0.4 is 5.73 Å². The molecule has 0 aliphatic rings. The first-order valence-electron chi connectivity index (χ1n) is 4.30. The van der Waals surface area contributed by atoms with Gasteiger partial charge in [-0.2, -0.15) is 19.8 Å². The Morgan fingerprint density at radius 1 is 1.12 bits per heavy atom. The van der Waals surface area contributed by atoms with Gasteiger partial charge >= 0.3 is 0 Å². The predicted octanol–water partition coefficient (Wildman–Crippen LogP) is 2.26. The van der Waals surface area contributed by atoms with Crippen LogP contribution in [-0.2, 0) is 10.1 Å². The Morgan fingerprint density at radius 3 is 2.00 bits per heavy atom. The van der Waals surface area contributed by atoms with Crippen LogP contribution in [0.4, 0.5) is 5.69 Å². The molecule has 0 bridgehead atoms.